The quantitative estimate of drug-likeness (QED) is 0.467. The van der Waals surface area contributed by atoms with Gasteiger partial charge in [-0.2, -0.15) is 0 Å². The molecule has 0 fully saturated rings. The van der Waals surface area contributed by atoms with E-state index in [1.807, 2.05) is 36.4 Å². The Bertz CT molecular complexity index is 1170. The Labute approximate surface area is 212 Å². The second-order valence-corrected chi connectivity index (χ2v) is 8.47. The minimum atomic E-state index is -4.94. The van der Waals surface area contributed by atoms with Crippen LogP contribution in [0.3, 0.4) is 0 Å². The van der Waals surface area contributed by atoms with Gasteiger partial charge in [-0.15, -0.1) is 10.2 Å². The van der Waals surface area contributed by atoms with Gasteiger partial charge in [0.15, 0.2) is 5.71 Å². The maximum Gasteiger partial charge on any atom is 0.199 e. The van der Waals surface area contributed by atoms with Crippen LogP contribution in [0, 0.1) is 10.2 Å². The largest absolute Gasteiger partial charge is 0.497 e. The number of halogens is 1. The molecule has 8 nitrogen and oxygen atoms in total. The lowest BCUT2D eigenvalue weighted by Crippen LogP contribution is -2.68. The summed E-state index contributed by atoms with van der Waals surface area (Å²) in [7, 11) is -1.62. The van der Waals surface area contributed by atoms with E-state index in [0.29, 0.717) is 0 Å². The Morgan fingerprint density at radius 1 is 0.778 bits per heavy atom. The van der Waals surface area contributed by atoms with Crippen molar-refractivity contribution >= 4 is 11.3 Å². The Hall–Kier alpha value is -3.40. The molecule has 2 aromatic rings. The molecule has 0 spiro atoms. The first-order valence-corrected chi connectivity index (χ1v) is 12.5. The summed E-state index contributed by atoms with van der Waals surface area (Å²) in [6.07, 6.45) is 13.0. The summed E-state index contributed by atoms with van der Waals surface area (Å²) >= 11 is 0. The summed E-state index contributed by atoms with van der Waals surface area (Å²) in [5.41, 5.74) is 5.58. The van der Waals surface area contributed by atoms with E-state index in [0.717, 1.165) is 58.4 Å². The van der Waals surface area contributed by atoms with E-state index >= 15 is 0 Å². The van der Waals surface area contributed by atoms with Crippen molar-refractivity contribution in [2.24, 2.45) is 0 Å². The van der Waals surface area contributed by atoms with Crippen LogP contribution in [0.25, 0.3) is 5.57 Å². The second kappa shape index (κ2) is 12.0. The Morgan fingerprint density at radius 2 is 1.25 bits per heavy atom. The van der Waals surface area contributed by atoms with Crippen LogP contribution < -0.4 is 32.8 Å². The molecule has 0 radical (unpaired) electrons. The number of benzene rings is 2. The molecule has 2 aromatic carbocycles. The molecular formula is C27H28ClNO7. The molecule has 0 unspecified atom stereocenters. The number of nitrogens with zero attached hydrogens (tertiary/aromatic N) is 1. The minimum absolute atomic E-state index is 0.764. The van der Waals surface area contributed by atoms with Gasteiger partial charge >= 0.3 is 0 Å². The van der Waals surface area contributed by atoms with Crippen molar-refractivity contribution < 1.29 is 47.7 Å². The maximum atomic E-state index is 8.49. The highest BCUT2D eigenvalue weighted by molar-refractivity contribution is 6.02. The van der Waals surface area contributed by atoms with Crippen molar-refractivity contribution in [2.75, 3.05) is 27.3 Å². The lowest BCUT2D eigenvalue weighted by molar-refractivity contribution is -2.00. The molecule has 4 rings (SSSR count). The van der Waals surface area contributed by atoms with E-state index in [9.17, 15) is 0 Å². The molecule has 0 saturated heterocycles. The summed E-state index contributed by atoms with van der Waals surface area (Å²) in [5.74, 6) is 3.08. The third-order valence-corrected chi connectivity index (χ3v) is 5.64. The molecule has 2 aliphatic rings. The number of allylic oxidation sites excluding steroid dienone is 7. The maximum absolute atomic E-state index is 8.49. The van der Waals surface area contributed by atoms with Gasteiger partial charge in [0.25, 0.3) is 0 Å². The van der Waals surface area contributed by atoms with E-state index < -0.39 is 10.2 Å². The van der Waals surface area contributed by atoms with Gasteiger partial charge in [0.1, 0.15) is 36.1 Å². The molecule has 1 aliphatic heterocycles. The third kappa shape index (κ3) is 7.07. The fourth-order valence-corrected chi connectivity index (χ4v) is 3.88. The zero-order valence-corrected chi connectivity index (χ0v) is 21.3. The number of ether oxygens (including phenoxy) is 3. The molecule has 0 aromatic heterocycles. The molecule has 190 valence electrons. The fourth-order valence-electron chi connectivity index (χ4n) is 3.88. The van der Waals surface area contributed by atoms with Crippen molar-refractivity contribution in [3.05, 3.63) is 89.6 Å². The van der Waals surface area contributed by atoms with Gasteiger partial charge in [-0.3, -0.25) is 0 Å². The third-order valence-electron chi connectivity index (χ3n) is 5.64. The first kappa shape index (κ1) is 27.2. The highest BCUT2D eigenvalue weighted by Gasteiger charge is 2.23. The first-order valence-electron chi connectivity index (χ1n) is 11.2. The molecule has 0 amide bonds. The fraction of sp³-hybridized carbons (Fsp3) is 0.222. The van der Waals surface area contributed by atoms with E-state index in [2.05, 4.69) is 54.9 Å². The van der Waals surface area contributed by atoms with Crippen LogP contribution in [0.2, 0.25) is 0 Å². The summed E-state index contributed by atoms with van der Waals surface area (Å²) in [6, 6.07) is 11.9. The molecule has 0 bridgehead atoms. The van der Waals surface area contributed by atoms with Crippen molar-refractivity contribution in [3.8, 4) is 23.0 Å². The number of fused-ring (bicyclic) bond motifs is 2. The van der Waals surface area contributed by atoms with E-state index in [4.69, 9.17) is 32.8 Å². The van der Waals surface area contributed by atoms with Crippen molar-refractivity contribution in [3.63, 3.8) is 0 Å². The van der Waals surface area contributed by atoms with Gasteiger partial charge in [-0.05, 0) is 61.4 Å². The van der Waals surface area contributed by atoms with Crippen LogP contribution in [0.15, 0.2) is 78.4 Å². The normalized spacial score (nSPS) is 13.6. The summed E-state index contributed by atoms with van der Waals surface area (Å²) in [6.45, 7) is 6.37. The van der Waals surface area contributed by atoms with Crippen LogP contribution in [0.4, 0.5) is 0 Å². The van der Waals surface area contributed by atoms with Gasteiger partial charge in [0, 0.05) is 35.4 Å². The molecule has 1 heterocycles. The highest BCUT2D eigenvalue weighted by atomic mass is 35.7. The highest BCUT2D eigenvalue weighted by Crippen LogP contribution is 2.46. The number of hydrogen-bond acceptors (Lipinski definition) is 7. The van der Waals surface area contributed by atoms with Crippen molar-refractivity contribution in [1.82, 2.24) is 0 Å². The summed E-state index contributed by atoms with van der Waals surface area (Å²) in [4.78, 5) is 0. The van der Waals surface area contributed by atoms with Crippen LogP contribution in [-0.2, 0) is 0 Å². The van der Waals surface area contributed by atoms with Gasteiger partial charge in [-0.25, -0.2) is 23.2 Å². The van der Waals surface area contributed by atoms with Gasteiger partial charge in [-0.1, -0.05) is 12.2 Å². The zero-order valence-electron chi connectivity index (χ0n) is 20.5. The lowest BCUT2D eigenvalue weighted by Gasteiger charge is -2.23. The second-order valence-electron chi connectivity index (χ2n) is 7.72. The van der Waals surface area contributed by atoms with Crippen LogP contribution in [0.5, 0.6) is 23.0 Å². The topological polar surface area (TPSA) is 123 Å². The van der Waals surface area contributed by atoms with E-state index in [-0.39, 0.29) is 0 Å². The predicted molar refractivity (Wildman–Crippen MR) is 126 cm³/mol. The smallest absolute Gasteiger partial charge is 0.199 e. The van der Waals surface area contributed by atoms with Gasteiger partial charge in [0.05, 0.1) is 14.2 Å². The zero-order chi connectivity index (χ0) is 26.3. The Morgan fingerprint density at radius 3 is 1.67 bits per heavy atom. The molecule has 0 saturated carbocycles. The van der Waals surface area contributed by atoms with E-state index in [1.165, 1.54) is 5.71 Å². The average Bonchev–Trinajstić information content (AvgIpc) is 2.86. The first-order chi connectivity index (χ1) is 17.2. The molecule has 0 N–H and O–H groups in total. The molecule has 36 heavy (non-hydrogen) atoms. The number of hydrogen-bond donors (Lipinski definition) is 0. The SMILES string of the molecule is CC[N+](CC)=C1C=CC(=CC=C2c3ccc(OC)cc3Oc3cc(OC)ccc32)C=C1.[O-][Cl+3]([O-])([O-])[O-]. The standard InChI is InChI=1S/C27H28NO3.ClHO4/c1-5-28(6-2)20-10-7-19(8-11-20)9-14-23-24-15-12-21(29-3)17-26(24)31-27-18-22(30-4)13-16-25(23)27;2-1(3,4)5/h7-18H,5-6H2,1-4H3;(H,2,3,4,5)/q+1;/p-1. The molecule has 1 aliphatic carbocycles. The van der Waals surface area contributed by atoms with Crippen LogP contribution in [-0.4, -0.2) is 37.6 Å². The molecular weight excluding hydrogens is 486 g/mol. The monoisotopic (exact) mass is 513 g/mol. The lowest BCUT2D eigenvalue weighted by atomic mass is 9.92. The van der Waals surface area contributed by atoms with Gasteiger partial charge in [0.2, 0.25) is 0 Å². The minimum Gasteiger partial charge on any atom is -0.497 e. The average molecular weight is 514 g/mol. The van der Waals surface area contributed by atoms with Crippen LogP contribution >= 0.6 is 0 Å². The number of methoxy groups -OCH3 is 2. The Balaban J connectivity index is 0.000000658. The van der Waals surface area contributed by atoms with Crippen molar-refractivity contribution in [1.29, 1.82) is 0 Å². The van der Waals surface area contributed by atoms with E-state index in [1.54, 1.807) is 14.2 Å². The molecule has 9 heteroatoms. The summed E-state index contributed by atoms with van der Waals surface area (Å²) < 4.78 is 53.3. The summed E-state index contributed by atoms with van der Waals surface area (Å²) in [5, 5.41) is 0. The number of rotatable bonds is 5. The Kier molecular flexibility index (Phi) is 9.08. The molecule has 0 atom stereocenters. The van der Waals surface area contributed by atoms with Crippen LogP contribution in [0.1, 0.15) is 25.0 Å². The van der Waals surface area contributed by atoms with Gasteiger partial charge < -0.3 is 14.2 Å². The van der Waals surface area contributed by atoms with Crippen molar-refractivity contribution in [2.45, 2.75) is 13.8 Å². The predicted octanol–water partition coefficient (Wildman–Crippen LogP) is 1.03.